The lowest BCUT2D eigenvalue weighted by Gasteiger charge is -2.35. The Labute approximate surface area is 386 Å². The van der Waals surface area contributed by atoms with Crippen LogP contribution in [0.3, 0.4) is 0 Å². The molecule has 4 aromatic carbocycles. The molecule has 16 nitrogen and oxygen atoms in total. The van der Waals surface area contributed by atoms with Gasteiger partial charge in [0.05, 0.1) is 41.0 Å². The Kier molecular flexibility index (Phi) is 13.1. The maximum atomic E-state index is 13.3. The van der Waals surface area contributed by atoms with E-state index in [1.807, 2.05) is 66.7 Å². The van der Waals surface area contributed by atoms with Gasteiger partial charge in [-0.05, 0) is 94.8 Å². The van der Waals surface area contributed by atoms with Crippen LogP contribution < -0.4 is 26.8 Å². The fourth-order valence-electron chi connectivity index (χ4n) is 8.85. The summed E-state index contributed by atoms with van der Waals surface area (Å²) in [6.45, 7) is 6.71. The summed E-state index contributed by atoms with van der Waals surface area (Å²) in [5.74, 6) is -1.04. The summed E-state index contributed by atoms with van der Waals surface area (Å²) in [5.41, 5.74) is 13.2. The Balaban J connectivity index is 0.000000180. The first kappa shape index (κ1) is 45.3. The van der Waals surface area contributed by atoms with Crippen molar-refractivity contribution in [3.8, 4) is 22.5 Å². The van der Waals surface area contributed by atoms with E-state index in [9.17, 15) is 24.0 Å². The number of rotatable bonds is 6. The van der Waals surface area contributed by atoms with Crippen LogP contribution in [0.4, 0.5) is 16.2 Å². The van der Waals surface area contributed by atoms with E-state index in [1.165, 1.54) is 4.90 Å². The van der Waals surface area contributed by atoms with Gasteiger partial charge in [-0.2, -0.15) is 10.2 Å². The number of nitrogens with zero attached hydrogens (tertiary/aromatic N) is 3. The van der Waals surface area contributed by atoms with E-state index in [0.29, 0.717) is 41.0 Å². The van der Waals surface area contributed by atoms with Crippen molar-refractivity contribution in [1.29, 1.82) is 0 Å². The molecule has 4 aliphatic rings. The zero-order chi connectivity index (χ0) is 45.2. The van der Waals surface area contributed by atoms with Crippen molar-refractivity contribution in [1.82, 2.24) is 31.0 Å². The summed E-state index contributed by atoms with van der Waals surface area (Å²) in [4.78, 5) is 72.5. The molecular formula is C49H51ClN10O6. The summed E-state index contributed by atoms with van der Waals surface area (Å²) in [6, 6.07) is 25.9. The van der Waals surface area contributed by atoms with Gasteiger partial charge in [0.2, 0.25) is 11.8 Å². The molecule has 6 heterocycles. The van der Waals surface area contributed by atoms with E-state index in [-0.39, 0.29) is 42.1 Å². The van der Waals surface area contributed by atoms with Gasteiger partial charge in [-0.3, -0.25) is 24.1 Å². The van der Waals surface area contributed by atoms with E-state index < -0.39 is 17.7 Å². The molecule has 7 N–H and O–H groups in total. The summed E-state index contributed by atoms with van der Waals surface area (Å²) in [5, 5.41) is 18.8. The number of H-pyrrole nitrogens is 2. The molecule has 2 unspecified atom stereocenters. The van der Waals surface area contributed by atoms with E-state index in [1.54, 1.807) is 51.4 Å². The molecule has 0 aliphatic carbocycles. The van der Waals surface area contributed by atoms with Gasteiger partial charge >= 0.3 is 6.09 Å². The molecular weight excluding hydrogens is 860 g/mol. The molecule has 66 heavy (non-hydrogen) atoms. The minimum absolute atomic E-state index is 0. The number of carbonyl (C=O) groups is 5. The highest BCUT2D eigenvalue weighted by atomic mass is 35.5. The number of likely N-dealkylation sites (tertiary alicyclic amines) is 1. The molecule has 2 saturated heterocycles. The first-order valence-corrected chi connectivity index (χ1v) is 21.9. The van der Waals surface area contributed by atoms with E-state index in [0.717, 1.165) is 88.6 Å². The van der Waals surface area contributed by atoms with Gasteiger partial charge in [-0.15, -0.1) is 12.4 Å². The SMILES string of the molecule is CC(C)(C)OC(=O)N1CCCCC1C(=O)Nc1cc2c3c(c(-c4ccccc4)[nH]c3c1)C=NNC2=O.Cl.O=C1NN=Cc2c(-c3ccccc3)[nH]c3cc(NC(=O)C4CCCCN4)cc1c23. The highest BCUT2D eigenvalue weighted by Crippen LogP contribution is 2.36. The molecule has 5 amide bonds. The van der Waals surface area contributed by atoms with Crippen LogP contribution in [0.25, 0.3) is 44.3 Å². The number of carbonyl (C=O) groups excluding carboxylic acids is 5. The molecule has 0 bridgehead atoms. The van der Waals surface area contributed by atoms with Crippen molar-refractivity contribution >= 4 is 87.7 Å². The minimum atomic E-state index is -0.654. The van der Waals surface area contributed by atoms with E-state index in [4.69, 9.17) is 4.74 Å². The van der Waals surface area contributed by atoms with Crippen LogP contribution in [0.1, 0.15) is 91.1 Å². The number of amides is 5. The van der Waals surface area contributed by atoms with E-state index in [2.05, 4.69) is 47.0 Å². The number of aromatic nitrogens is 2. The number of halogens is 1. The molecule has 2 aromatic heterocycles. The largest absolute Gasteiger partial charge is 0.444 e. The average molecular weight is 911 g/mol. The number of nitrogens with one attached hydrogen (secondary N) is 7. The molecule has 2 atom stereocenters. The van der Waals surface area contributed by atoms with Crippen molar-refractivity contribution in [2.45, 2.75) is 77.0 Å². The monoisotopic (exact) mass is 910 g/mol. The zero-order valence-electron chi connectivity index (χ0n) is 36.7. The quantitative estimate of drug-likeness (QED) is 0.0872. The Morgan fingerprint density at radius 3 is 1.70 bits per heavy atom. The number of hydrazone groups is 2. The van der Waals surface area contributed by atoms with Gasteiger partial charge in [-0.25, -0.2) is 15.6 Å². The van der Waals surface area contributed by atoms with E-state index >= 15 is 0 Å². The lowest BCUT2D eigenvalue weighted by atomic mass is 10.0. The van der Waals surface area contributed by atoms with Crippen LogP contribution in [0, 0.1) is 0 Å². The molecule has 2 fully saturated rings. The molecule has 4 aliphatic heterocycles. The molecule has 10 rings (SSSR count). The van der Waals surface area contributed by atoms with Crippen LogP contribution in [0.5, 0.6) is 0 Å². The van der Waals surface area contributed by atoms with Gasteiger partial charge in [-0.1, -0.05) is 67.1 Å². The van der Waals surface area contributed by atoms with Gasteiger partial charge in [0.1, 0.15) is 11.6 Å². The third-order valence-corrected chi connectivity index (χ3v) is 11.8. The second kappa shape index (κ2) is 19.0. The van der Waals surface area contributed by atoms with Crippen molar-refractivity contribution in [3.63, 3.8) is 0 Å². The van der Waals surface area contributed by atoms with Crippen molar-refractivity contribution in [2.24, 2.45) is 10.2 Å². The number of hydrogen-bond acceptors (Lipinski definition) is 9. The topological polar surface area (TPSA) is 214 Å². The first-order chi connectivity index (χ1) is 31.4. The molecule has 0 radical (unpaired) electrons. The molecule has 6 aromatic rings. The smallest absolute Gasteiger partial charge is 0.410 e. The van der Waals surface area contributed by atoms with Gasteiger partial charge in [0.25, 0.3) is 11.8 Å². The van der Waals surface area contributed by atoms with Crippen LogP contribution in [-0.4, -0.2) is 87.8 Å². The predicted octanol–water partition coefficient (Wildman–Crippen LogP) is 8.05. The van der Waals surface area contributed by atoms with Gasteiger partial charge < -0.3 is 30.7 Å². The zero-order valence-corrected chi connectivity index (χ0v) is 37.6. The molecule has 0 spiro atoms. The van der Waals surface area contributed by atoms with Gasteiger partial charge in [0.15, 0.2) is 0 Å². The standard InChI is InChI=1S/C27H29N5O4.C22H21N5O2.ClH/c1-27(2,3)36-26(35)32-12-8-7-11-21(32)25(34)29-17-13-18-22-19(15-28-31-24(18)33)23(30-20(22)14-17)16-9-5-4-6-10-16;28-21-15-10-14(25-22(29)17-8-4-5-9-23-17)11-18-19(15)16(12-24-27-21)20(26-18)13-6-2-1-3-7-13;/h4-6,9-10,13-15,21,30H,7-8,11-12H2,1-3H3,(H,29,34)(H,31,33);1-3,6-7,10-12,17,23,26H,4-5,8-9H2,(H,25,29)(H,27,28);1H. The lowest BCUT2D eigenvalue weighted by Crippen LogP contribution is -2.51. The Hall–Kier alpha value is -7.30. The minimum Gasteiger partial charge on any atom is -0.444 e. The number of anilines is 2. The third-order valence-electron chi connectivity index (χ3n) is 11.8. The first-order valence-electron chi connectivity index (χ1n) is 21.9. The van der Waals surface area contributed by atoms with Crippen molar-refractivity contribution < 1.29 is 28.7 Å². The third kappa shape index (κ3) is 9.41. The molecule has 17 heteroatoms. The summed E-state index contributed by atoms with van der Waals surface area (Å²) in [6.07, 6.45) is 7.94. The Bertz CT molecular complexity index is 2900. The summed E-state index contributed by atoms with van der Waals surface area (Å²) in [7, 11) is 0. The molecule has 340 valence electrons. The Morgan fingerprint density at radius 2 is 1.20 bits per heavy atom. The second-order valence-corrected chi connectivity index (χ2v) is 17.5. The van der Waals surface area contributed by atoms with Crippen LogP contribution >= 0.6 is 12.4 Å². The normalized spacial score (nSPS) is 17.6. The fraction of sp³-hybridized carbons (Fsp3) is 0.286. The summed E-state index contributed by atoms with van der Waals surface area (Å²) >= 11 is 0. The number of ether oxygens (including phenoxy) is 1. The number of piperidine rings is 2. The number of hydrogen-bond donors (Lipinski definition) is 7. The van der Waals surface area contributed by atoms with Crippen molar-refractivity contribution in [3.05, 3.63) is 107 Å². The number of benzene rings is 4. The maximum absolute atomic E-state index is 13.3. The Morgan fingerprint density at radius 1 is 0.682 bits per heavy atom. The summed E-state index contributed by atoms with van der Waals surface area (Å²) < 4.78 is 5.53. The average Bonchev–Trinajstić information content (AvgIpc) is 3.75. The lowest BCUT2D eigenvalue weighted by molar-refractivity contribution is -0.122. The molecule has 0 saturated carbocycles. The van der Waals surface area contributed by atoms with Crippen LogP contribution in [0.2, 0.25) is 0 Å². The second-order valence-electron chi connectivity index (χ2n) is 17.5. The predicted molar refractivity (Wildman–Crippen MR) is 258 cm³/mol. The highest BCUT2D eigenvalue weighted by Gasteiger charge is 2.35. The van der Waals surface area contributed by atoms with Gasteiger partial charge in [0, 0.05) is 50.9 Å². The maximum Gasteiger partial charge on any atom is 0.410 e. The highest BCUT2D eigenvalue weighted by molar-refractivity contribution is 6.19. The number of aromatic amines is 2. The fourth-order valence-corrected chi connectivity index (χ4v) is 8.85. The van der Waals surface area contributed by atoms with Crippen molar-refractivity contribution in [2.75, 3.05) is 23.7 Å². The van der Waals surface area contributed by atoms with Crippen LogP contribution in [-0.2, 0) is 14.3 Å². The van der Waals surface area contributed by atoms with Crippen LogP contribution in [0.15, 0.2) is 95.1 Å².